The standard InChI is InChI=1S/C11H14O4/c1-11(2,6-10(14)15)8-5-7(12)3-4-9(8)13/h3-5,12-13H,6H2,1-2H3,(H,14,15). The van der Waals surface area contributed by atoms with Crippen molar-refractivity contribution in [3.8, 4) is 11.5 Å². The van der Waals surface area contributed by atoms with Crippen LogP contribution in [0.2, 0.25) is 0 Å². The summed E-state index contributed by atoms with van der Waals surface area (Å²) in [5.41, 5.74) is -0.279. The van der Waals surface area contributed by atoms with E-state index >= 15 is 0 Å². The van der Waals surface area contributed by atoms with Gasteiger partial charge in [0.1, 0.15) is 11.5 Å². The van der Waals surface area contributed by atoms with Crippen molar-refractivity contribution >= 4 is 5.97 Å². The van der Waals surface area contributed by atoms with Crippen LogP contribution in [0.25, 0.3) is 0 Å². The van der Waals surface area contributed by atoms with Crippen LogP contribution in [0.5, 0.6) is 11.5 Å². The van der Waals surface area contributed by atoms with Gasteiger partial charge in [0.15, 0.2) is 0 Å². The molecule has 1 aromatic rings. The van der Waals surface area contributed by atoms with Gasteiger partial charge < -0.3 is 15.3 Å². The minimum atomic E-state index is -0.942. The molecule has 0 unspecified atom stereocenters. The highest BCUT2D eigenvalue weighted by Crippen LogP contribution is 2.35. The van der Waals surface area contributed by atoms with Gasteiger partial charge in [0, 0.05) is 11.0 Å². The first-order valence-electron chi connectivity index (χ1n) is 4.57. The van der Waals surface area contributed by atoms with Crippen molar-refractivity contribution in [1.82, 2.24) is 0 Å². The molecule has 1 aromatic carbocycles. The van der Waals surface area contributed by atoms with Gasteiger partial charge in [-0.25, -0.2) is 0 Å². The van der Waals surface area contributed by atoms with Crippen LogP contribution in [0.15, 0.2) is 18.2 Å². The smallest absolute Gasteiger partial charge is 0.304 e. The molecular weight excluding hydrogens is 196 g/mol. The predicted octanol–water partition coefficient (Wildman–Crippen LogP) is 1.85. The number of carboxylic acids is 1. The lowest BCUT2D eigenvalue weighted by Gasteiger charge is -2.24. The zero-order chi connectivity index (χ0) is 11.6. The molecule has 0 amide bonds. The molecule has 0 heterocycles. The Bertz CT molecular complexity index is 382. The maximum atomic E-state index is 10.6. The topological polar surface area (TPSA) is 77.8 Å². The summed E-state index contributed by atoms with van der Waals surface area (Å²) >= 11 is 0. The van der Waals surface area contributed by atoms with E-state index < -0.39 is 11.4 Å². The molecule has 0 aliphatic carbocycles. The fourth-order valence-corrected chi connectivity index (χ4v) is 1.54. The number of carboxylic acid groups (broad SMARTS) is 1. The van der Waals surface area contributed by atoms with E-state index in [-0.39, 0.29) is 17.9 Å². The summed E-state index contributed by atoms with van der Waals surface area (Å²) in [4.78, 5) is 10.6. The summed E-state index contributed by atoms with van der Waals surface area (Å²) < 4.78 is 0. The van der Waals surface area contributed by atoms with Crippen LogP contribution >= 0.6 is 0 Å². The monoisotopic (exact) mass is 210 g/mol. The van der Waals surface area contributed by atoms with Gasteiger partial charge in [0.05, 0.1) is 6.42 Å². The lowest BCUT2D eigenvalue weighted by molar-refractivity contribution is -0.138. The molecule has 4 heteroatoms. The average molecular weight is 210 g/mol. The van der Waals surface area contributed by atoms with Gasteiger partial charge in [0.25, 0.3) is 0 Å². The Kier molecular flexibility index (Phi) is 2.88. The molecule has 0 fully saturated rings. The Morgan fingerprint density at radius 3 is 2.47 bits per heavy atom. The zero-order valence-electron chi connectivity index (χ0n) is 8.69. The van der Waals surface area contributed by atoms with Gasteiger partial charge in [0.2, 0.25) is 0 Å². The van der Waals surface area contributed by atoms with E-state index in [2.05, 4.69) is 0 Å². The summed E-state index contributed by atoms with van der Waals surface area (Å²) in [6.45, 7) is 3.41. The predicted molar refractivity (Wildman–Crippen MR) is 55.1 cm³/mol. The third-order valence-corrected chi connectivity index (χ3v) is 2.30. The van der Waals surface area contributed by atoms with Crippen molar-refractivity contribution in [2.45, 2.75) is 25.7 Å². The second-order valence-corrected chi connectivity index (χ2v) is 4.16. The number of benzene rings is 1. The first kappa shape index (κ1) is 11.4. The molecule has 0 saturated carbocycles. The minimum Gasteiger partial charge on any atom is -0.508 e. The van der Waals surface area contributed by atoms with Crippen molar-refractivity contribution in [3.63, 3.8) is 0 Å². The summed E-state index contributed by atoms with van der Waals surface area (Å²) in [6, 6.07) is 4.10. The van der Waals surface area contributed by atoms with Crippen LogP contribution in [-0.4, -0.2) is 21.3 Å². The fourth-order valence-electron chi connectivity index (χ4n) is 1.54. The SMILES string of the molecule is CC(C)(CC(=O)O)c1cc(O)ccc1O. The summed E-state index contributed by atoms with van der Waals surface area (Å²) in [6.07, 6.45) is -0.107. The molecular formula is C11H14O4. The maximum absolute atomic E-state index is 10.6. The molecule has 3 N–H and O–H groups in total. The maximum Gasteiger partial charge on any atom is 0.304 e. The number of hydrogen-bond acceptors (Lipinski definition) is 3. The Labute approximate surface area is 87.8 Å². The molecule has 4 nitrogen and oxygen atoms in total. The van der Waals surface area contributed by atoms with Crippen LogP contribution in [0, 0.1) is 0 Å². The van der Waals surface area contributed by atoms with Crippen molar-refractivity contribution in [1.29, 1.82) is 0 Å². The molecule has 0 aliphatic rings. The van der Waals surface area contributed by atoms with Gasteiger partial charge >= 0.3 is 5.97 Å². The van der Waals surface area contributed by atoms with E-state index in [9.17, 15) is 15.0 Å². The van der Waals surface area contributed by atoms with E-state index in [0.717, 1.165) is 0 Å². The highest BCUT2D eigenvalue weighted by atomic mass is 16.4. The Balaban J connectivity index is 3.13. The first-order valence-corrected chi connectivity index (χ1v) is 4.57. The Morgan fingerprint density at radius 1 is 1.33 bits per heavy atom. The van der Waals surface area contributed by atoms with Gasteiger partial charge in [-0.2, -0.15) is 0 Å². The third kappa shape index (κ3) is 2.62. The Morgan fingerprint density at radius 2 is 1.93 bits per heavy atom. The van der Waals surface area contributed by atoms with Gasteiger partial charge in [-0.1, -0.05) is 13.8 Å². The van der Waals surface area contributed by atoms with Crippen LogP contribution in [0.3, 0.4) is 0 Å². The largest absolute Gasteiger partial charge is 0.508 e. The van der Waals surface area contributed by atoms with Crippen LogP contribution in [-0.2, 0) is 10.2 Å². The van der Waals surface area contributed by atoms with Gasteiger partial charge in [-0.15, -0.1) is 0 Å². The van der Waals surface area contributed by atoms with Crippen LogP contribution < -0.4 is 0 Å². The number of carbonyl (C=O) groups is 1. The summed E-state index contributed by atoms with van der Waals surface area (Å²) in [7, 11) is 0. The van der Waals surface area contributed by atoms with Gasteiger partial charge in [-0.3, -0.25) is 4.79 Å². The molecule has 0 saturated heterocycles. The van der Waals surface area contributed by atoms with Crippen molar-refractivity contribution in [2.75, 3.05) is 0 Å². The second-order valence-electron chi connectivity index (χ2n) is 4.16. The van der Waals surface area contributed by atoms with E-state index in [1.165, 1.54) is 18.2 Å². The molecule has 0 aliphatic heterocycles. The third-order valence-electron chi connectivity index (χ3n) is 2.30. The van der Waals surface area contributed by atoms with E-state index in [1.807, 2.05) is 0 Å². The van der Waals surface area contributed by atoms with Gasteiger partial charge in [-0.05, 0) is 18.2 Å². The highest BCUT2D eigenvalue weighted by molar-refractivity contribution is 5.69. The molecule has 0 bridgehead atoms. The average Bonchev–Trinajstić information content (AvgIpc) is 2.06. The molecule has 82 valence electrons. The summed E-state index contributed by atoms with van der Waals surface area (Å²) in [5.74, 6) is -0.928. The lowest BCUT2D eigenvalue weighted by Crippen LogP contribution is -2.21. The Hall–Kier alpha value is -1.71. The van der Waals surface area contributed by atoms with Crippen LogP contribution in [0.4, 0.5) is 0 Å². The fraction of sp³-hybridized carbons (Fsp3) is 0.364. The molecule has 0 radical (unpaired) electrons. The number of rotatable bonds is 3. The molecule has 0 spiro atoms. The molecule has 1 rings (SSSR count). The first-order chi connectivity index (χ1) is 6.83. The summed E-state index contributed by atoms with van der Waals surface area (Å²) in [5, 5.41) is 27.6. The zero-order valence-corrected chi connectivity index (χ0v) is 8.69. The van der Waals surface area contributed by atoms with Crippen molar-refractivity contribution in [3.05, 3.63) is 23.8 Å². The second kappa shape index (κ2) is 3.81. The number of hydrogen-bond donors (Lipinski definition) is 3. The minimum absolute atomic E-state index is 0.000880. The number of aliphatic carboxylic acids is 1. The van der Waals surface area contributed by atoms with Crippen LogP contribution in [0.1, 0.15) is 25.8 Å². The molecule has 0 atom stereocenters. The van der Waals surface area contributed by atoms with Crippen molar-refractivity contribution in [2.24, 2.45) is 0 Å². The normalized spacial score (nSPS) is 11.3. The number of phenols is 2. The quantitative estimate of drug-likeness (QED) is 0.665. The lowest BCUT2D eigenvalue weighted by atomic mass is 9.81. The number of phenolic OH excluding ortho intramolecular Hbond substituents is 2. The van der Waals surface area contributed by atoms with E-state index in [4.69, 9.17) is 5.11 Å². The van der Waals surface area contributed by atoms with Crippen molar-refractivity contribution < 1.29 is 20.1 Å². The molecule has 0 aromatic heterocycles. The van der Waals surface area contributed by atoms with E-state index in [0.29, 0.717) is 5.56 Å². The highest BCUT2D eigenvalue weighted by Gasteiger charge is 2.27. The molecule has 15 heavy (non-hydrogen) atoms. The number of aromatic hydroxyl groups is 2. The van der Waals surface area contributed by atoms with E-state index in [1.54, 1.807) is 13.8 Å².